The van der Waals surface area contributed by atoms with Gasteiger partial charge in [0.15, 0.2) is 0 Å². The number of hydrogen-bond acceptors (Lipinski definition) is 2. The van der Waals surface area contributed by atoms with Crippen LogP contribution in [0, 0.1) is 11.6 Å². The second-order valence-corrected chi connectivity index (χ2v) is 2.20. The van der Waals surface area contributed by atoms with Gasteiger partial charge in [0, 0.05) is 6.07 Å². The molecule has 0 unspecified atom stereocenters. The SMILES string of the molecule is C=COC(=O)c1ccc(F)cc1F. The summed E-state index contributed by atoms with van der Waals surface area (Å²) in [7, 11) is 0. The molecule has 1 aromatic carbocycles. The van der Waals surface area contributed by atoms with Crippen molar-refractivity contribution in [3.8, 4) is 0 Å². The topological polar surface area (TPSA) is 26.3 Å². The van der Waals surface area contributed by atoms with Gasteiger partial charge in [-0.1, -0.05) is 6.58 Å². The molecule has 2 nitrogen and oxygen atoms in total. The van der Waals surface area contributed by atoms with Crippen LogP contribution in [0.4, 0.5) is 8.78 Å². The number of ether oxygens (including phenoxy) is 1. The van der Waals surface area contributed by atoms with Gasteiger partial charge in [0.25, 0.3) is 0 Å². The first-order valence-corrected chi connectivity index (χ1v) is 3.42. The van der Waals surface area contributed by atoms with Crippen molar-refractivity contribution >= 4 is 5.97 Å². The maximum atomic E-state index is 12.8. The minimum absolute atomic E-state index is 0.318. The van der Waals surface area contributed by atoms with E-state index in [9.17, 15) is 13.6 Å². The first-order chi connectivity index (χ1) is 6.15. The van der Waals surface area contributed by atoms with Crippen LogP contribution < -0.4 is 0 Å². The first kappa shape index (κ1) is 9.38. The van der Waals surface area contributed by atoms with Gasteiger partial charge in [-0.25, -0.2) is 13.6 Å². The number of halogens is 2. The van der Waals surface area contributed by atoms with E-state index >= 15 is 0 Å². The fraction of sp³-hybridized carbons (Fsp3) is 0. The Morgan fingerprint density at radius 2 is 2.15 bits per heavy atom. The summed E-state index contributed by atoms with van der Waals surface area (Å²) in [5.41, 5.74) is -0.318. The number of hydrogen-bond donors (Lipinski definition) is 0. The zero-order valence-electron chi connectivity index (χ0n) is 6.59. The summed E-state index contributed by atoms with van der Waals surface area (Å²) in [5.74, 6) is -2.59. The Kier molecular flexibility index (Phi) is 2.74. The maximum Gasteiger partial charge on any atom is 0.345 e. The third-order valence-corrected chi connectivity index (χ3v) is 1.34. The minimum atomic E-state index is -0.952. The zero-order chi connectivity index (χ0) is 9.84. The Morgan fingerprint density at radius 3 is 2.69 bits per heavy atom. The van der Waals surface area contributed by atoms with E-state index in [-0.39, 0.29) is 5.56 Å². The lowest BCUT2D eigenvalue weighted by Gasteiger charge is -1.99. The van der Waals surface area contributed by atoms with Crippen molar-refractivity contribution < 1.29 is 18.3 Å². The summed E-state index contributed by atoms with van der Waals surface area (Å²) in [6.07, 6.45) is 0.880. The van der Waals surface area contributed by atoms with Crippen molar-refractivity contribution in [3.05, 3.63) is 48.2 Å². The molecular formula is C9H6F2O2. The van der Waals surface area contributed by atoms with Crippen LogP contribution in [0.3, 0.4) is 0 Å². The molecule has 68 valence electrons. The molecule has 0 N–H and O–H groups in total. The second kappa shape index (κ2) is 3.80. The molecular weight excluding hydrogens is 178 g/mol. The van der Waals surface area contributed by atoms with Gasteiger partial charge in [0.05, 0.1) is 11.8 Å². The quantitative estimate of drug-likeness (QED) is 0.520. The third-order valence-electron chi connectivity index (χ3n) is 1.34. The van der Waals surface area contributed by atoms with E-state index in [0.29, 0.717) is 6.07 Å². The van der Waals surface area contributed by atoms with Gasteiger partial charge in [0.1, 0.15) is 11.6 Å². The summed E-state index contributed by atoms with van der Waals surface area (Å²) < 4.78 is 29.5. The molecule has 1 aromatic rings. The summed E-state index contributed by atoms with van der Waals surface area (Å²) in [6, 6.07) is 2.60. The Morgan fingerprint density at radius 1 is 1.46 bits per heavy atom. The largest absolute Gasteiger partial charge is 0.431 e. The van der Waals surface area contributed by atoms with Crippen molar-refractivity contribution in [1.29, 1.82) is 0 Å². The highest BCUT2D eigenvalue weighted by molar-refractivity contribution is 5.89. The number of esters is 1. The smallest absolute Gasteiger partial charge is 0.345 e. The molecule has 0 fully saturated rings. The molecule has 0 saturated heterocycles. The van der Waals surface area contributed by atoms with Crippen LogP contribution in [0.2, 0.25) is 0 Å². The van der Waals surface area contributed by atoms with Crippen LogP contribution in [0.1, 0.15) is 10.4 Å². The number of rotatable bonds is 2. The van der Waals surface area contributed by atoms with Crippen LogP contribution in [0.5, 0.6) is 0 Å². The van der Waals surface area contributed by atoms with Gasteiger partial charge in [-0.3, -0.25) is 0 Å². The molecule has 0 atom stereocenters. The predicted octanol–water partition coefficient (Wildman–Crippen LogP) is 2.27. The van der Waals surface area contributed by atoms with Crippen LogP contribution in [-0.4, -0.2) is 5.97 Å². The fourth-order valence-electron chi connectivity index (χ4n) is 0.794. The van der Waals surface area contributed by atoms with Gasteiger partial charge < -0.3 is 4.74 Å². The number of carbonyl (C=O) groups excluding carboxylic acids is 1. The highest BCUT2D eigenvalue weighted by Gasteiger charge is 2.12. The van der Waals surface area contributed by atoms with E-state index in [2.05, 4.69) is 11.3 Å². The maximum absolute atomic E-state index is 12.8. The molecule has 0 radical (unpaired) electrons. The van der Waals surface area contributed by atoms with E-state index in [0.717, 1.165) is 18.4 Å². The Balaban J connectivity index is 3.01. The molecule has 0 bridgehead atoms. The number of carbonyl (C=O) groups is 1. The molecule has 0 aliphatic rings. The summed E-state index contributed by atoms with van der Waals surface area (Å²) in [6.45, 7) is 3.13. The molecule has 0 aliphatic carbocycles. The van der Waals surface area contributed by atoms with E-state index in [1.165, 1.54) is 0 Å². The Hall–Kier alpha value is -1.71. The van der Waals surface area contributed by atoms with E-state index < -0.39 is 17.6 Å². The average molecular weight is 184 g/mol. The lowest BCUT2D eigenvalue weighted by molar-refractivity contribution is 0.0659. The summed E-state index contributed by atoms with van der Waals surface area (Å²) in [5, 5.41) is 0. The molecule has 0 spiro atoms. The summed E-state index contributed by atoms with van der Waals surface area (Å²) >= 11 is 0. The van der Waals surface area contributed by atoms with Crippen LogP contribution in [0.15, 0.2) is 31.0 Å². The van der Waals surface area contributed by atoms with Crippen molar-refractivity contribution in [3.63, 3.8) is 0 Å². The van der Waals surface area contributed by atoms with Gasteiger partial charge >= 0.3 is 5.97 Å². The molecule has 0 aliphatic heterocycles. The Labute approximate surface area is 73.4 Å². The zero-order valence-corrected chi connectivity index (χ0v) is 6.59. The van der Waals surface area contributed by atoms with Crippen LogP contribution in [0.25, 0.3) is 0 Å². The van der Waals surface area contributed by atoms with E-state index in [1.807, 2.05) is 0 Å². The molecule has 0 saturated carbocycles. The van der Waals surface area contributed by atoms with Crippen LogP contribution in [-0.2, 0) is 4.74 Å². The Bertz CT molecular complexity index is 347. The molecule has 0 heterocycles. The van der Waals surface area contributed by atoms with Gasteiger partial charge in [-0.2, -0.15) is 0 Å². The van der Waals surface area contributed by atoms with Crippen molar-refractivity contribution in [2.24, 2.45) is 0 Å². The average Bonchev–Trinajstić information content (AvgIpc) is 2.04. The summed E-state index contributed by atoms with van der Waals surface area (Å²) in [4.78, 5) is 10.9. The highest BCUT2D eigenvalue weighted by Crippen LogP contribution is 2.10. The standard InChI is InChI=1S/C9H6F2O2/c1-2-13-9(12)7-4-3-6(10)5-8(7)11/h2-5H,1H2. The molecule has 4 heteroatoms. The van der Waals surface area contributed by atoms with Gasteiger partial charge in [-0.15, -0.1) is 0 Å². The monoisotopic (exact) mass is 184 g/mol. The van der Waals surface area contributed by atoms with E-state index in [1.54, 1.807) is 0 Å². The molecule has 0 aromatic heterocycles. The number of benzene rings is 1. The molecule has 0 amide bonds. The third kappa shape index (κ3) is 2.11. The van der Waals surface area contributed by atoms with Gasteiger partial charge in [-0.05, 0) is 12.1 Å². The minimum Gasteiger partial charge on any atom is -0.431 e. The first-order valence-electron chi connectivity index (χ1n) is 3.42. The lowest BCUT2D eigenvalue weighted by Crippen LogP contribution is -2.03. The molecule has 1 rings (SSSR count). The second-order valence-electron chi connectivity index (χ2n) is 2.20. The van der Waals surface area contributed by atoms with Crippen molar-refractivity contribution in [2.75, 3.05) is 0 Å². The van der Waals surface area contributed by atoms with E-state index in [4.69, 9.17) is 0 Å². The lowest BCUT2D eigenvalue weighted by atomic mass is 10.2. The van der Waals surface area contributed by atoms with Gasteiger partial charge in [0.2, 0.25) is 0 Å². The predicted molar refractivity (Wildman–Crippen MR) is 42.0 cm³/mol. The normalized spacial score (nSPS) is 9.38. The van der Waals surface area contributed by atoms with Crippen molar-refractivity contribution in [1.82, 2.24) is 0 Å². The molecule has 13 heavy (non-hydrogen) atoms. The highest BCUT2D eigenvalue weighted by atomic mass is 19.1. The van der Waals surface area contributed by atoms with Crippen molar-refractivity contribution in [2.45, 2.75) is 0 Å². The van der Waals surface area contributed by atoms with Crippen LogP contribution >= 0.6 is 0 Å². The fourth-order valence-corrected chi connectivity index (χ4v) is 0.794.